The lowest BCUT2D eigenvalue weighted by Crippen LogP contribution is -2.41. The zero-order chi connectivity index (χ0) is 17.6. The first-order valence-corrected chi connectivity index (χ1v) is 9.19. The van der Waals surface area contributed by atoms with Crippen molar-refractivity contribution >= 4 is 28.8 Å². The third kappa shape index (κ3) is 4.43. The monoisotopic (exact) mass is 361 g/mol. The van der Waals surface area contributed by atoms with E-state index in [4.69, 9.17) is 0 Å². The fraction of sp³-hybridized carbons (Fsp3) is 0.333. The molecule has 0 saturated carbocycles. The van der Waals surface area contributed by atoms with Crippen LogP contribution < -0.4 is 10.6 Å². The predicted molar refractivity (Wildman–Crippen MR) is 95.9 cm³/mol. The van der Waals surface area contributed by atoms with Gasteiger partial charge in [0.25, 0.3) is 0 Å². The summed E-state index contributed by atoms with van der Waals surface area (Å²) >= 11 is 1.61. The molecule has 2 aromatic rings. The fourth-order valence-electron chi connectivity index (χ4n) is 2.99. The summed E-state index contributed by atoms with van der Waals surface area (Å²) in [5.74, 6) is -2.20. The molecule has 1 fully saturated rings. The van der Waals surface area contributed by atoms with Crippen LogP contribution in [0.2, 0.25) is 0 Å². The van der Waals surface area contributed by atoms with Gasteiger partial charge in [0.05, 0.1) is 11.7 Å². The summed E-state index contributed by atoms with van der Waals surface area (Å²) in [7, 11) is 0. The molecule has 1 aliphatic rings. The van der Waals surface area contributed by atoms with Gasteiger partial charge in [0.15, 0.2) is 0 Å². The number of hydrogen-bond acceptors (Lipinski definition) is 4. The third-order valence-electron chi connectivity index (χ3n) is 4.29. The number of amides is 2. The zero-order valence-corrected chi connectivity index (χ0v) is 14.5. The zero-order valence-electron chi connectivity index (χ0n) is 13.7. The molecule has 1 aliphatic heterocycles. The number of carbonyl (C=O) groups is 2. The average molecular weight is 361 g/mol. The number of rotatable bonds is 5. The smallest absolute Gasteiger partial charge is 0.313 e. The first-order chi connectivity index (χ1) is 12.1. The Kier molecular flexibility index (Phi) is 5.78. The summed E-state index contributed by atoms with van der Waals surface area (Å²) in [6, 6.07) is 7.85. The van der Waals surface area contributed by atoms with Gasteiger partial charge >= 0.3 is 11.8 Å². The fourth-order valence-corrected chi connectivity index (χ4v) is 3.69. The normalized spacial score (nSPS) is 15.7. The summed E-state index contributed by atoms with van der Waals surface area (Å²) in [5.41, 5.74) is 1.14. The number of likely N-dealkylation sites (tertiary alicyclic amines) is 1. The Hall–Kier alpha value is -2.25. The molecule has 0 spiro atoms. The van der Waals surface area contributed by atoms with Crippen molar-refractivity contribution in [3.05, 3.63) is 52.5 Å². The number of benzene rings is 1. The lowest BCUT2D eigenvalue weighted by Gasteiger charge is -2.27. The molecule has 7 heteroatoms. The van der Waals surface area contributed by atoms with Gasteiger partial charge in [-0.15, -0.1) is 0 Å². The molecule has 132 valence electrons. The molecule has 1 saturated heterocycles. The molecular weight excluding hydrogens is 341 g/mol. The van der Waals surface area contributed by atoms with Crippen LogP contribution in [0.25, 0.3) is 0 Å². The number of halogens is 1. The Bertz CT molecular complexity index is 730. The Morgan fingerprint density at radius 3 is 2.60 bits per heavy atom. The maximum atomic E-state index is 13.6. The lowest BCUT2D eigenvalue weighted by molar-refractivity contribution is -0.136. The highest BCUT2D eigenvalue weighted by atomic mass is 32.1. The highest BCUT2D eigenvalue weighted by molar-refractivity contribution is 7.08. The molecule has 1 aromatic heterocycles. The standard InChI is InChI=1S/C18H20FN3O2S/c19-14-5-1-2-6-15(14)21-18(24)17(23)20-11-16(13-7-10-25-12-13)22-8-3-4-9-22/h1-2,5-7,10,12,16H,3-4,8-9,11H2,(H,20,23)(H,21,24). The molecule has 0 radical (unpaired) electrons. The number of nitrogens with zero attached hydrogens (tertiary/aromatic N) is 1. The summed E-state index contributed by atoms with van der Waals surface area (Å²) in [6.45, 7) is 2.32. The van der Waals surface area contributed by atoms with Crippen molar-refractivity contribution in [2.45, 2.75) is 18.9 Å². The molecule has 2 amide bonds. The molecule has 0 aliphatic carbocycles. The quantitative estimate of drug-likeness (QED) is 0.805. The van der Waals surface area contributed by atoms with E-state index in [1.54, 1.807) is 17.4 Å². The van der Waals surface area contributed by atoms with Gasteiger partial charge in [0.1, 0.15) is 5.82 Å². The van der Waals surface area contributed by atoms with Crippen LogP contribution in [0.3, 0.4) is 0 Å². The Balaban J connectivity index is 1.59. The van der Waals surface area contributed by atoms with E-state index in [9.17, 15) is 14.0 Å². The third-order valence-corrected chi connectivity index (χ3v) is 5.00. The maximum absolute atomic E-state index is 13.6. The van der Waals surface area contributed by atoms with Crippen LogP contribution in [0.15, 0.2) is 41.1 Å². The van der Waals surface area contributed by atoms with E-state index in [1.807, 2.05) is 11.4 Å². The first kappa shape index (κ1) is 17.6. The van der Waals surface area contributed by atoms with Gasteiger partial charge in [0, 0.05) is 6.54 Å². The topological polar surface area (TPSA) is 61.4 Å². The number of nitrogens with one attached hydrogen (secondary N) is 2. The van der Waals surface area contributed by atoms with Crippen LogP contribution in [0, 0.1) is 5.82 Å². The highest BCUT2D eigenvalue weighted by Crippen LogP contribution is 2.26. The minimum atomic E-state index is -0.865. The first-order valence-electron chi connectivity index (χ1n) is 8.25. The summed E-state index contributed by atoms with van der Waals surface area (Å²) in [5, 5.41) is 9.05. The number of hydrogen-bond donors (Lipinski definition) is 2. The molecule has 5 nitrogen and oxygen atoms in total. The second kappa shape index (κ2) is 8.22. The number of para-hydroxylation sites is 1. The molecule has 2 N–H and O–H groups in total. The number of thiophene rings is 1. The van der Waals surface area contributed by atoms with E-state index < -0.39 is 17.6 Å². The van der Waals surface area contributed by atoms with Crippen LogP contribution in [0.5, 0.6) is 0 Å². The SMILES string of the molecule is O=C(NCC(c1ccsc1)N1CCCC1)C(=O)Nc1ccccc1F. The van der Waals surface area contributed by atoms with Gasteiger partial charge in [-0.1, -0.05) is 12.1 Å². The van der Waals surface area contributed by atoms with Crippen molar-refractivity contribution in [3.8, 4) is 0 Å². The maximum Gasteiger partial charge on any atom is 0.313 e. The molecule has 1 atom stereocenters. The summed E-state index contributed by atoms with van der Waals surface area (Å²) < 4.78 is 13.6. The van der Waals surface area contributed by atoms with Crippen molar-refractivity contribution in [3.63, 3.8) is 0 Å². The van der Waals surface area contributed by atoms with Gasteiger partial charge in [-0.05, 0) is 60.5 Å². The molecule has 1 aromatic carbocycles. The van der Waals surface area contributed by atoms with Crippen LogP contribution in [0.1, 0.15) is 24.4 Å². The number of carbonyl (C=O) groups excluding carboxylic acids is 2. The van der Waals surface area contributed by atoms with E-state index in [0.29, 0.717) is 6.54 Å². The van der Waals surface area contributed by atoms with Crippen molar-refractivity contribution < 1.29 is 14.0 Å². The predicted octanol–water partition coefficient (Wildman–Crippen LogP) is 2.78. The van der Waals surface area contributed by atoms with Crippen LogP contribution in [-0.4, -0.2) is 36.3 Å². The Morgan fingerprint density at radius 1 is 1.16 bits per heavy atom. The Labute approximate surface area is 149 Å². The second-order valence-electron chi connectivity index (χ2n) is 5.96. The van der Waals surface area contributed by atoms with Crippen LogP contribution in [-0.2, 0) is 9.59 Å². The highest BCUT2D eigenvalue weighted by Gasteiger charge is 2.25. The van der Waals surface area contributed by atoms with Gasteiger partial charge in [-0.2, -0.15) is 11.3 Å². The van der Waals surface area contributed by atoms with Crippen molar-refractivity contribution in [1.29, 1.82) is 0 Å². The van der Waals surface area contributed by atoms with Gasteiger partial charge in [-0.25, -0.2) is 4.39 Å². The van der Waals surface area contributed by atoms with Gasteiger partial charge in [-0.3, -0.25) is 14.5 Å². The van der Waals surface area contributed by atoms with Crippen LogP contribution >= 0.6 is 11.3 Å². The molecule has 0 bridgehead atoms. The molecular formula is C18H20FN3O2S. The van der Waals surface area contributed by atoms with E-state index in [-0.39, 0.29) is 11.7 Å². The second-order valence-corrected chi connectivity index (χ2v) is 6.74. The van der Waals surface area contributed by atoms with E-state index in [2.05, 4.69) is 20.9 Å². The molecule has 3 rings (SSSR count). The average Bonchev–Trinajstić information content (AvgIpc) is 3.31. The van der Waals surface area contributed by atoms with Gasteiger partial charge < -0.3 is 10.6 Å². The van der Waals surface area contributed by atoms with E-state index in [0.717, 1.165) is 31.5 Å². The Morgan fingerprint density at radius 2 is 1.92 bits per heavy atom. The van der Waals surface area contributed by atoms with E-state index >= 15 is 0 Å². The summed E-state index contributed by atoms with van der Waals surface area (Å²) in [4.78, 5) is 26.4. The molecule has 25 heavy (non-hydrogen) atoms. The van der Waals surface area contributed by atoms with Crippen molar-refractivity contribution in [1.82, 2.24) is 10.2 Å². The number of anilines is 1. The van der Waals surface area contributed by atoms with E-state index in [1.165, 1.54) is 18.2 Å². The molecule has 1 unspecified atom stereocenters. The van der Waals surface area contributed by atoms with Crippen molar-refractivity contribution in [2.24, 2.45) is 0 Å². The minimum absolute atomic E-state index is 0.00317. The van der Waals surface area contributed by atoms with Crippen molar-refractivity contribution in [2.75, 3.05) is 25.0 Å². The van der Waals surface area contributed by atoms with Crippen LogP contribution in [0.4, 0.5) is 10.1 Å². The molecule has 2 heterocycles. The summed E-state index contributed by atoms with van der Waals surface area (Å²) in [6.07, 6.45) is 2.28. The minimum Gasteiger partial charge on any atom is -0.346 e. The largest absolute Gasteiger partial charge is 0.346 e. The van der Waals surface area contributed by atoms with Gasteiger partial charge in [0.2, 0.25) is 0 Å². The lowest BCUT2D eigenvalue weighted by atomic mass is 10.1.